The zero-order chi connectivity index (χ0) is 27.0. The lowest BCUT2D eigenvalue weighted by atomic mass is 10.2. The van der Waals surface area contributed by atoms with Crippen molar-refractivity contribution in [3.05, 3.63) is 76.8 Å². The van der Waals surface area contributed by atoms with E-state index in [4.69, 9.17) is 9.47 Å². The van der Waals surface area contributed by atoms with Crippen LogP contribution in [0.3, 0.4) is 0 Å². The summed E-state index contributed by atoms with van der Waals surface area (Å²) in [4.78, 5) is 24.0. The predicted octanol–water partition coefficient (Wildman–Crippen LogP) is 3.77. The van der Waals surface area contributed by atoms with Gasteiger partial charge in [-0.25, -0.2) is 13.8 Å². The average Bonchev–Trinajstić information content (AvgIpc) is 2.87. The largest absolute Gasteiger partial charge is 0.497 e. The molecule has 0 aliphatic rings. The maximum absolute atomic E-state index is 13.5. The van der Waals surface area contributed by atoms with Gasteiger partial charge >= 0.3 is 0 Å². The summed E-state index contributed by atoms with van der Waals surface area (Å²) in [6.45, 7) is 0.804. The van der Waals surface area contributed by atoms with Crippen LogP contribution in [0.1, 0.15) is 12.5 Å². The molecule has 0 spiro atoms. The molecule has 37 heavy (non-hydrogen) atoms. The summed E-state index contributed by atoms with van der Waals surface area (Å²) in [5, 5.41) is 6.54. The Morgan fingerprint density at radius 1 is 1.00 bits per heavy atom. The number of rotatable bonds is 10. The molecule has 194 valence electrons. The Hall–Kier alpha value is -3.90. The van der Waals surface area contributed by atoms with Gasteiger partial charge in [0.15, 0.2) is 0 Å². The van der Waals surface area contributed by atoms with Gasteiger partial charge in [-0.3, -0.25) is 13.9 Å². The average molecular weight is 589 g/mol. The van der Waals surface area contributed by atoms with E-state index in [2.05, 4.69) is 31.8 Å². The molecule has 3 rings (SSSR count). The fourth-order valence-corrected chi connectivity index (χ4v) is 5.05. The van der Waals surface area contributed by atoms with Gasteiger partial charge < -0.3 is 14.8 Å². The van der Waals surface area contributed by atoms with E-state index in [1.54, 1.807) is 30.3 Å². The number of ether oxygens (including phenoxy) is 2. The van der Waals surface area contributed by atoms with Crippen molar-refractivity contribution in [3.63, 3.8) is 0 Å². The van der Waals surface area contributed by atoms with Crippen molar-refractivity contribution in [3.8, 4) is 11.5 Å². The van der Waals surface area contributed by atoms with Crippen LogP contribution in [0.25, 0.3) is 0 Å². The number of carbonyl (C=O) groups excluding carboxylic acids is 2. The highest BCUT2D eigenvalue weighted by molar-refractivity contribution is 9.10. The summed E-state index contributed by atoms with van der Waals surface area (Å²) in [6.07, 6.45) is 1.40. The number of nitrogens with one attached hydrogen (secondary N) is 2. The van der Waals surface area contributed by atoms with Crippen molar-refractivity contribution in [1.82, 2.24) is 5.43 Å². The molecule has 0 radical (unpaired) electrons. The molecule has 0 unspecified atom stereocenters. The van der Waals surface area contributed by atoms with Gasteiger partial charge in [-0.1, -0.05) is 15.9 Å². The van der Waals surface area contributed by atoms with Crippen LogP contribution in [0, 0.1) is 0 Å². The minimum absolute atomic E-state index is 0.0624. The van der Waals surface area contributed by atoms with Gasteiger partial charge in [0, 0.05) is 22.6 Å². The second kappa shape index (κ2) is 12.4. The lowest BCUT2D eigenvalue weighted by molar-refractivity contribution is -0.119. The fraction of sp³-hybridized carbons (Fsp3) is 0.160. The van der Waals surface area contributed by atoms with E-state index < -0.39 is 22.5 Å². The quantitative estimate of drug-likeness (QED) is 0.274. The number of anilines is 2. The molecule has 0 bridgehead atoms. The topological polar surface area (TPSA) is 126 Å². The van der Waals surface area contributed by atoms with Gasteiger partial charge in [-0.15, -0.1) is 0 Å². The van der Waals surface area contributed by atoms with Gasteiger partial charge in [-0.2, -0.15) is 5.10 Å². The van der Waals surface area contributed by atoms with Crippen molar-refractivity contribution in [2.75, 3.05) is 30.4 Å². The van der Waals surface area contributed by atoms with E-state index in [0.29, 0.717) is 22.7 Å². The second-order valence-electron chi connectivity index (χ2n) is 7.59. The third-order valence-corrected chi connectivity index (χ3v) is 7.28. The van der Waals surface area contributed by atoms with E-state index in [9.17, 15) is 18.0 Å². The standard InChI is InChI=1S/C25H25BrN4O6S/c1-17(31)28-20-5-11-23(12-6-20)37(33,34)30(21-7-9-22(35-2)10-8-21)16-25(32)29-27-15-18-14-19(26)4-13-24(18)36-3/h4-15H,16H2,1-3H3,(H,28,31)(H,29,32)/b27-15-. The smallest absolute Gasteiger partial charge is 0.264 e. The molecular weight excluding hydrogens is 564 g/mol. The van der Waals surface area contributed by atoms with Crippen LogP contribution in [0.2, 0.25) is 0 Å². The fourth-order valence-electron chi connectivity index (χ4n) is 3.25. The molecule has 0 aliphatic carbocycles. The maximum Gasteiger partial charge on any atom is 0.264 e. The Labute approximate surface area is 223 Å². The SMILES string of the molecule is COc1ccc(N(CC(=O)N/N=C\c2cc(Br)ccc2OC)S(=O)(=O)c2ccc(NC(C)=O)cc2)cc1. The Morgan fingerprint density at radius 2 is 1.68 bits per heavy atom. The molecule has 0 aliphatic heterocycles. The van der Waals surface area contributed by atoms with Crippen molar-refractivity contribution in [2.45, 2.75) is 11.8 Å². The van der Waals surface area contributed by atoms with Crippen LogP contribution in [0.5, 0.6) is 11.5 Å². The number of hydrogen-bond acceptors (Lipinski definition) is 7. The van der Waals surface area contributed by atoms with Crippen LogP contribution in [0.15, 0.2) is 81.2 Å². The summed E-state index contributed by atoms with van der Waals surface area (Å²) in [7, 11) is -1.16. The molecule has 3 aromatic carbocycles. The van der Waals surface area contributed by atoms with E-state index in [-0.39, 0.29) is 16.5 Å². The zero-order valence-corrected chi connectivity index (χ0v) is 22.7. The Kier molecular flexibility index (Phi) is 9.25. The number of methoxy groups -OCH3 is 2. The van der Waals surface area contributed by atoms with Crippen molar-refractivity contribution < 1.29 is 27.5 Å². The first-order chi connectivity index (χ1) is 17.6. The molecule has 3 aromatic rings. The number of amides is 2. The molecule has 2 amide bonds. The normalized spacial score (nSPS) is 11.1. The number of benzene rings is 3. The minimum atomic E-state index is -4.17. The molecule has 0 heterocycles. The Bertz CT molecular complexity index is 1390. The first kappa shape index (κ1) is 27.7. The van der Waals surface area contributed by atoms with Crippen LogP contribution in [-0.2, 0) is 19.6 Å². The van der Waals surface area contributed by atoms with E-state index in [1.165, 1.54) is 63.8 Å². The Morgan fingerprint density at radius 3 is 2.27 bits per heavy atom. The number of nitrogens with zero attached hydrogens (tertiary/aromatic N) is 2. The number of carbonyl (C=O) groups is 2. The zero-order valence-electron chi connectivity index (χ0n) is 20.3. The number of halogens is 1. The van der Waals surface area contributed by atoms with E-state index in [0.717, 1.165) is 8.78 Å². The third-order valence-electron chi connectivity index (χ3n) is 4.99. The van der Waals surface area contributed by atoms with Crippen LogP contribution < -0.4 is 24.5 Å². The van der Waals surface area contributed by atoms with Crippen LogP contribution in [0.4, 0.5) is 11.4 Å². The summed E-state index contributed by atoms with van der Waals surface area (Å²) in [5.74, 6) is 0.122. The molecule has 10 nitrogen and oxygen atoms in total. The molecule has 0 saturated carbocycles. The number of sulfonamides is 1. The highest BCUT2D eigenvalue weighted by Gasteiger charge is 2.27. The monoisotopic (exact) mass is 588 g/mol. The lowest BCUT2D eigenvalue weighted by Gasteiger charge is -2.24. The third kappa shape index (κ3) is 7.30. The van der Waals surface area contributed by atoms with Gasteiger partial charge in [0.05, 0.1) is 31.0 Å². The molecule has 0 saturated heterocycles. The Balaban J connectivity index is 1.86. The summed E-state index contributed by atoms with van der Waals surface area (Å²) >= 11 is 3.37. The van der Waals surface area contributed by atoms with Crippen LogP contribution >= 0.6 is 15.9 Å². The number of hydrogen-bond donors (Lipinski definition) is 2. The number of hydrazone groups is 1. The molecule has 0 fully saturated rings. The summed E-state index contributed by atoms with van der Waals surface area (Å²) < 4.78 is 39.3. The lowest BCUT2D eigenvalue weighted by Crippen LogP contribution is -2.39. The van der Waals surface area contributed by atoms with E-state index in [1.807, 2.05) is 0 Å². The van der Waals surface area contributed by atoms with Crippen LogP contribution in [-0.4, -0.2) is 47.2 Å². The first-order valence-electron chi connectivity index (χ1n) is 10.8. The van der Waals surface area contributed by atoms with Gasteiger partial charge in [-0.05, 0) is 66.7 Å². The van der Waals surface area contributed by atoms with Gasteiger partial charge in [0.25, 0.3) is 15.9 Å². The summed E-state index contributed by atoms with van der Waals surface area (Å²) in [5.41, 5.74) is 3.66. The maximum atomic E-state index is 13.5. The van der Waals surface area contributed by atoms with Gasteiger partial charge in [0.1, 0.15) is 18.0 Å². The highest BCUT2D eigenvalue weighted by Crippen LogP contribution is 2.26. The second-order valence-corrected chi connectivity index (χ2v) is 10.4. The molecular formula is C25H25BrN4O6S. The highest BCUT2D eigenvalue weighted by atomic mass is 79.9. The molecule has 2 N–H and O–H groups in total. The van der Waals surface area contributed by atoms with Crippen molar-refractivity contribution >= 4 is 55.4 Å². The molecule has 0 aromatic heterocycles. The van der Waals surface area contributed by atoms with Gasteiger partial charge in [0.2, 0.25) is 5.91 Å². The molecule has 12 heteroatoms. The minimum Gasteiger partial charge on any atom is -0.497 e. The molecule has 0 atom stereocenters. The van der Waals surface area contributed by atoms with E-state index >= 15 is 0 Å². The van der Waals surface area contributed by atoms with Crippen molar-refractivity contribution in [1.29, 1.82) is 0 Å². The predicted molar refractivity (Wildman–Crippen MR) is 145 cm³/mol. The summed E-state index contributed by atoms with van der Waals surface area (Å²) in [6, 6.07) is 17.2. The first-order valence-corrected chi connectivity index (χ1v) is 13.1. The van der Waals surface area contributed by atoms with Crippen molar-refractivity contribution in [2.24, 2.45) is 5.10 Å².